The molecule has 3 heterocycles. The molecule has 25 heavy (non-hydrogen) atoms. The molecule has 0 saturated carbocycles. The van der Waals surface area contributed by atoms with Gasteiger partial charge in [0.05, 0.1) is 17.8 Å². The third-order valence-electron chi connectivity index (χ3n) is 5.18. The van der Waals surface area contributed by atoms with Crippen molar-refractivity contribution in [1.82, 2.24) is 14.5 Å². The maximum absolute atomic E-state index is 12.8. The highest BCUT2D eigenvalue weighted by atomic mass is 32.1. The van der Waals surface area contributed by atoms with Gasteiger partial charge in [-0.15, -0.1) is 11.3 Å². The monoisotopic (exact) mass is 358 g/mol. The van der Waals surface area contributed by atoms with Gasteiger partial charge < -0.3 is 4.90 Å². The molecule has 0 spiro atoms. The van der Waals surface area contributed by atoms with Gasteiger partial charge in [-0.2, -0.15) is 5.26 Å². The van der Waals surface area contributed by atoms with Crippen LogP contribution < -0.4 is 5.56 Å². The van der Waals surface area contributed by atoms with Crippen molar-refractivity contribution in [3.05, 3.63) is 27.1 Å². The van der Waals surface area contributed by atoms with Crippen LogP contribution in [0.25, 0.3) is 10.2 Å². The number of nitrogens with zero attached hydrogens (tertiary/aromatic N) is 4. The lowest BCUT2D eigenvalue weighted by molar-refractivity contribution is -0.137. The van der Waals surface area contributed by atoms with Crippen LogP contribution in [0.4, 0.5) is 0 Å². The van der Waals surface area contributed by atoms with Crippen LogP contribution >= 0.6 is 11.3 Å². The molecule has 2 aromatic rings. The average molecular weight is 358 g/mol. The van der Waals surface area contributed by atoms with Gasteiger partial charge in [-0.1, -0.05) is 13.8 Å². The molecular formula is C18H22N4O2S. The highest BCUT2D eigenvalue weighted by Crippen LogP contribution is 2.34. The van der Waals surface area contributed by atoms with Crippen molar-refractivity contribution >= 4 is 27.5 Å². The number of rotatable bonds is 2. The maximum Gasteiger partial charge on any atom is 0.262 e. The van der Waals surface area contributed by atoms with Gasteiger partial charge in [0.25, 0.3) is 5.56 Å². The minimum Gasteiger partial charge on any atom is -0.325 e. The Bertz CT molecular complexity index is 935. The topological polar surface area (TPSA) is 79.0 Å². The van der Waals surface area contributed by atoms with E-state index in [-0.39, 0.29) is 23.4 Å². The van der Waals surface area contributed by atoms with Gasteiger partial charge >= 0.3 is 0 Å². The van der Waals surface area contributed by atoms with E-state index in [1.807, 2.05) is 27.7 Å². The van der Waals surface area contributed by atoms with Crippen molar-refractivity contribution < 1.29 is 4.79 Å². The number of fused-ring (bicyclic) bond motifs is 1. The Kier molecular flexibility index (Phi) is 4.41. The van der Waals surface area contributed by atoms with Crippen molar-refractivity contribution in [2.75, 3.05) is 6.54 Å². The van der Waals surface area contributed by atoms with Crippen LogP contribution in [0.3, 0.4) is 0 Å². The van der Waals surface area contributed by atoms with Crippen LogP contribution in [0.5, 0.6) is 0 Å². The fourth-order valence-corrected chi connectivity index (χ4v) is 4.51. The van der Waals surface area contributed by atoms with Crippen molar-refractivity contribution in [2.24, 2.45) is 5.41 Å². The van der Waals surface area contributed by atoms with E-state index < -0.39 is 6.04 Å². The lowest BCUT2D eigenvalue weighted by atomic mass is 9.77. The van der Waals surface area contributed by atoms with Gasteiger partial charge in [0.15, 0.2) is 0 Å². The predicted octanol–water partition coefficient (Wildman–Crippen LogP) is 2.62. The number of hydrogen-bond donors (Lipinski definition) is 0. The van der Waals surface area contributed by atoms with Gasteiger partial charge in [-0.25, -0.2) is 4.98 Å². The average Bonchev–Trinajstić information content (AvgIpc) is 2.84. The smallest absolute Gasteiger partial charge is 0.262 e. The first kappa shape index (κ1) is 17.6. The van der Waals surface area contributed by atoms with Gasteiger partial charge in [-0.05, 0) is 37.7 Å². The Morgan fingerprint density at radius 2 is 2.20 bits per heavy atom. The molecule has 132 valence electrons. The summed E-state index contributed by atoms with van der Waals surface area (Å²) >= 11 is 1.49. The SMILES string of the molecule is Cc1sc2ncn(CC(=O)N3CCCC(C)(C)[C@H]3C#N)c(=O)c2c1C. The van der Waals surface area contributed by atoms with E-state index in [2.05, 4.69) is 11.1 Å². The summed E-state index contributed by atoms with van der Waals surface area (Å²) < 4.78 is 1.36. The molecule has 1 fully saturated rings. The predicted molar refractivity (Wildman–Crippen MR) is 97.5 cm³/mol. The van der Waals surface area contributed by atoms with Crippen molar-refractivity contribution in [2.45, 2.75) is 53.1 Å². The second-order valence-electron chi connectivity index (χ2n) is 7.35. The fourth-order valence-electron chi connectivity index (χ4n) is 3.52. The Morgan fingerprint density at radius 1 is 1.48 bits per heavy atom. The Labute approximate surface area is 150 Å². The van der Waals surface area contributed by atoms with E-state index >= 15 is 0 Å². The molecule has 7 heteroatoms. The van der Waals surface area contributed by atoms with E-state index in [0.29, 0.717) is 16.8 Å². The van der Waals surface area contributed by atoms with Crippen molar-refractivity contribution in [1.29, 1.82) is 5.26 Å². The van der Waals surface area contributed by atoms with E-state index in [0.717, 1.165) is 23.3 Å². The number of piperidine rings is 1. The minimum atomic E-state index is -0.466. The summed E-state index contributed by atoms with van der Waals surface area (Å²) in [5.41, 5.74) is 0.495. The molecule has 6 nitrogen and oxygen atoms in total. The maximum atomic E-state index is 12.8. The molecule has 0 aromatic carbocycles. The first-order valence-corrected chi connectivity index (χ1v) is 9.22. The molecule has 0 unspecified atom stereocenters. The number of amides is 1. The number of thiophene rings is 1. The Morgan fingerprint density at radius 3 is 2.88 bits per heavy atom. The number of carbonyl (C=O) groups is 1. The van der Waals surface area contributed by atoms with Crippen molar-refractivity contribution in [3.63, 3.8) is 0 Å². The molecule has 1 aliphatic rings. The molecule has 0 bridgehead atoms. The first-order valence-electron chi connectivity index (χ1n) is 8.40. The molecule has 1 saturated heterocycles. The molecule has 3 rings (SSSR count). The van der Waals surface area contributed by atoms with Crippen LogP contribution in [0.1, 0.15) is 37.1 Å². The van der Waals surface area contributed by atoms with Crippen LogP contribution in [0, 0.1) is 30.6 Å². The lowest BCUT2D eigenvalue weighted by Crippen LogP contribution is -2.52. The third kappa shape index (κ3) is 2.95. The Hall–Kier alpha value is -2.20. The number of hydrogen-bond acceptors (Lipinski definition) is 5. The highest BCUT2D eigenvalue weighted by Gasteiger charge is 2.40. The summed E-state index contributed by atoms with van der Waals surface area (Å²) in [4.78, 5) is 33.3. The molecule has 1 atom stereocenters. The van der Waals surface area contributed by atoms with Crippen LogP contribution in [0.2, 0.25) is 0 Å². The summed E-state index contributed by atoms with van der Waals surface area (Å²) in [5, 5.41) is 10.1. The van der Waals surface area contributed by atoms with Gasteiger partial charge in [0.1, 0.15) is 17.4 Å². The number of carbonyl (C=O) groups excluding carboxylic acids is 1. The van der Waals surface area contributed by atoms with E-state index in [4.69, 9.17) is 0 Å². The fraction of sp³-hybridized carbons (Fsp3) is 0.556. The quantitative estimate of drug-likeness (QED) is 0.826. The Balaban J connectivity index is 1.92. The van der Waals surface area contributed by atoms with Gasteiger partial charge in [0.2, 0.25) is 5.91 Å². The van der Waals surface area contributed by atoms with Crippen LogP contribution in [-0.2, 0) is 11.3 Å². The highest BCUT2D eigenvalue weighted by molar-refractivity contribution is 7.18. The van der Waals surface area contributed by atoms with E-state index in [1.54, 1.807) is 4.90 Å². The zero-order valence-electron chi connectivity index (χ0n) is 15.0. The number of nitriles is 1. The molecule has 1 aliphatic heterocycles. The third-order valence-corrected chi connectivity index (χ3v) is 6.29. The van der Waals surface area contributed by atoms with Crippen molar-refractivity contribution in [3.8, 4) is 6.07 Å². The molecule has 1 amide bonds. The molecule has 0 radical (unpaired) electrons. The zero-order chi connectivity index (χ0) is 18.4. The van der Waals surface area contributed by atoms with E-state index in [9.17, 15) is 14.9 Å². The van der Waals surface area contributed by atoms with Crippen LogP contribution in [0.15, 0.2) is 11.1 Å². The largest absolute Gasteiger partial charge is 0.325 e. The second-order valence-corrected chi connectivity index (χ2v) is 8.56. The summed E-state index contributed by atoms with van der Waals surface area (Å²) in [6, 6.07) is 1.80. The lowest BCUT2D eigenvalue weighted by Gasteiger charge is -2.42. The summed E-state index contributed by atoms with van der Waals surface area (Å²) in [7, 11) is 0. The van der Waals surface area contributed by atoms with Gasteiger partial charge in [-0.3, -0.25) is 14.2 Å². The number of aromatic nitrogens is 2. The molecular weight excluding hydrogens is 336 g/mol. The standard InChI is InChI=1S/C18H22N4O2S/c1-11-12(2)25-16-15(11)17(24)21(10-20-16)9-14(23)22-7-5-6-18(3,4)13(22)8-19/h10,13H,5-7,9H2,1-4H3/t13-/m1/s1. The van der Waals surface area contributed by atoms with E-state index in [1.165, 1.54) is 22.2 Å². The summed E-state index contributed by atoms with van der Waals surface area (Å²) in [6.07, 6.45) is 3.22. The van der Waals surface area contributed by atoms with Crippen LogP contribution in [-0.4, -0.2) is 32.9 Å². The zero-order valence-corrected chi connectivity index (χ0v) is 15.8. The number of aryl methyl sites for hydroxylation is 2. The molecule has 0 aliphatic carbocycles. The summed E-state index contributed by atoms with van der Waals surface area (Å²) in [5.74, 6) is -0.202. The summed E-state index contributed by atoms with van der Waals surface area (Å²) in [6.45, 7) is 8.37. The number of likely N-dealkylation sites (tertiary alicyclic amines) is 1. The van der Waals surface area contributed by atoms with Gasteiger partial charge in [0, 0.05) is 11.4 Å². The minimum absolute atomic E-state index is 0.0790. The molecule has 2 aromatic heterocycles. The second kappa shape index (κ2) is 6.26. The molecule has 0 N–H and O–H groups in total. The first-order chi connectivity index (χ1) is 11.8. The normalized spacial score (nSPS) is 19.8.